The molecule has 0 aliphatic carbocycles. The van der Waals surface area contributed by atoms with Gasteiger partial charge in [0.15, 0.2) is 0 Å². The summed E-state index contributed by atoms with van der Waals surface area (Å²) in [4.78, 5) is 11.2. The molecule has 1 aromatic carbocycles. The van der Waals surface area contributed by atoms with E-state index in [0.29, 0.717) is 18.0 Å². The Kier molecular flexibility index (Phi) is 3.72. The van der Waals surface area contributed by atoms with E-state index in [1.165, 1.54) is 0 Å². The van der Waals surface area contributed by atoms with Crippen LogP contribution in [-0.2, 0) is 4.79 Å². The summed E-state index contributed by atoms with van der Waals surface area (Å²) in [6.45, 7) is 0.709. The van der Waals surface area contributed by atoms with Crippen LogP contribution in [-0.4, -0.2) is 37.9 Å². The fraction of sp³-hybridized carbons (Fsp3) is 0.462. The smallest absolute Gasteiger partial charge is 0.321 e. The molecule has 1 heterocycles. The lowest BCUT2D eigenvalue weighted by molar-refractivity contribution is -0.139. The average molecular weight is 251 g/mol. The number of hydrogen-bond donors (Lipinski definition) is 2. The second kappa shape index (κ2) is 5.27. The predicted molar refractivity (Wildman–Crippen MR) is 66.3 cm³/mol. The molecule has 1 aliphatic heterocycles. The minimum absolute atomic E-state index is 0.0495. The van der Waals surface area contributed by atoms with Crippen LogP contribution in [0.1, 0.15) is 17.9 Å². The largest absolute Gasteiger partial charge is 0.497 e. The first kappa shape index (κ1) is 12.7. The Balaban J connectivity index is 2.34. The first-order valence-electron chi connectivity index (χ1n) is 5.85. The molecule has 0 amide bonds. The van der Waals surface area contributed by atoms with E-state index in [4.69, 9.17) is 9.47 Å². The molecule has 18 heavy (non-hydrogen) atoms. The van der Waals surface area contributed by atoms with Gasteiger partial charge >= 0.3 is 5.97 Å². The Hall–Kier alpha value is -1.75. The summed E-state index contributed by atoms with van der Waals surface area (Å²) >= 11 is 0. The first-order chi connectivity index (χ1) is 8.65. The highest BCUT2D eigenvalue weighted by Gasteiger charge is 2.34. The van der Waals surface area contributed by atoms with Gasteiger partial charge < -0.3 is 19.9 Å². The summed E-state index contributed by atoms with van der Waals surface area (Å²) in [5, 5.41) is 12.2. The van der Waals surface area contributed by atoms with Gasteiger partial charge in [0.05, 0.1) is 14.2 Å². The predicted octanol–water partition coefficient (Wildman–Crippen LogP) is 1.23. The van der Waals surface area contributed by atoms with Crippen LogP contribution in [0, 0.1) is 0 Å². The molecule has 2 unspecified atom stereocenters. The van der Waals surface area contributed by atoms with Crippen LogP contribution < -0.4 is 14.8 Å². The Morgan fingerprint density at radius 3 is 2.39 bits per heavy atom. The summed E-state index contributed by atoms with van der Waals surface area (Å²) in [5.41, 5.74) is 0.934. The number of methoxy groups -OCH3 is 2. The van der Waals surface area contributed by atoms with Crippen molar-refractivity contribution in [2.24, 2.45) is 0 Å². The molecule has 1 fully saturated rings. The molecule has 2 rings (SSSR count). The normalized spacial score (nSPS) is 22.8. The Morgan fingerprint density at radius 1 is 1.28 bits per heavy atom. The molecule has 0 aromatic heterocycles. The highest BCUT2D eigenvalue weighted by atomic mass is 16.5. The zero-order chi connectivity index (χ0) is 13.1. The molecular weight excluding hydrogens is 234 g/mol. The molecule has 0 radical (unpaired) electrons. The van der Waals surface area contributed by atoms with Crippen LogP contribution in [0.25, 0.3) is 0 Å². The van der Waals surface area contributed by atoms with Gasteiger partial charge in [-0.1, -0.05) is 0 Å². The van der Waals surface area contributed by atoms with Gasteiger partial charge in [-0.3, -0.25) is 4.79 Å². The molecule has 1 aliphatic rings. The SMILES string of the molecule is COc1cc(OC)cc(C2CCNC2C(=O)O)c1. The van der Waals surface area contributed by atoms with Gasteiger partial charge in [-0.25, -0.2) is 0 Å². The molecule has 0 saturated carbocycles. The van der Waals surface area contributed by atoms with Crippen molar-refractivity contribution in [3.63, 3.8) is 0 Å². The second-order valence-electron chi connectivity index (χ2n) is 4.31. The van der Waals surface area contributed by atoms with Crippen LogP contribution in [0.5, 0.6) is 11.5 Å². The lowest BCUT2D eigenvalue weighted by Gasteiger charge is -2.17. The number of carbonyl (C=O) groups is 1. The lowest BCUT2D eigenvalue weighted by Crippen LogP contribution is -2.34. The molecule has 1 saturated heterocycles. The highest BCUT2D eigenvalue weighted by molar-refractivity contribution is 5.75. The third kappa shape index (κ3) is 2.41. The van der Waals surface area contributed by atoms with Crippen molar-refractivity contribution in [1.82, 2.24) is 5.32 Å². The number of rotatable bonds is 4. The quantitative estimate of drug-likeness (QED) is 0.842. The maximum absolute atomic E-state index is 11.2. The summed E-state index contributed by atoms with van der Waals surface area (Å²) in [5.74, 6) is 0.492. The minimum atomic E-state index is -0.820. The third-order valence-corrected chi connectivity index (χ3v) is 3.29. The molecule has 5 heteroatoms. The van der Waals surface area contributed by atoms with E-state index in [-0.39, 0.29) is 5.92 Å². The topological polar surface area (TPSA) is 67.8 Å². The molecular formula is C13H17NO4. The lowest BCUT2D eigenvalue weighted by atomic mass is 9.91. The number of aliphatic carboxylic acids is 1. The third-order valence-electron chi connectivity index (χ3n) is 3.29. The monoisotopic (exact) mass is 251 g/mol. The van der Waals surface area contributed by atoms with Gasteiger partial charge in [-0.05, 0) is 30.7 Å². The van der Waals surface area contributed by atoms with Gasteiger partial charge in [0.2, 0.25) is 0 Å². The molecule has 2 N–H and O–H groups in total. The van der Waals surface area contributed by atoms with Crippen molar-refractivity contribution in [1.29, 1.82) is 0 Å². The van der Waals surface area contributed by atoms with Crippen molar-refractivity contribution >= 4 is 5.97 Å². The van der Waals surface area contributed by atoms with E-state index in [1.807, 2.05) is 12.1 Å². The van der Waals surface area contributed by atoms with Gasteiger partial charge in [0, 0.05) is 12.0 Å². The van der Waals surface area contributed by atoms with Gasteiger partial charge in [-0.2, -0.15) is 0 Å². The number of carboxylic acid groups (broad SMARTS) is 1. The standard InChI is InChI=1S/C13H17NO4/c1-17-9-5-8(6-10(7-9)18-2)11-3-4-14-12(11)13(15)16/h5-7,11-12,14H,3-4H2,1-2H3,(H,15,16). The van der Waals surface area contributed by atoms with Crippen molar-refractivity contribution < 1.29 is 19.4 Å². The van der Waals surface area contributed by atoms with Crippen molar-refractivity contribution in [2.75, 3.05) is 20.8 Å². The zero-order valence-corrected chi connectivity index (χ0v) is 10.5. The van der Waals surface area contributed by atoms with E-state index in [1.54, 1.807) is 20.3 Å². The number of carboxylic acids is 1. The highest BCUT2D eigenvalue weighted by Crippen LogP contribution is 2.33. The molecule has 5 nitrogen and oxygen atoms in total. The average Bonchev–Trinajstić information content (AvgIpc) is 2.87. The maximum atomic E-state index is 11.2. The second-order valence-corrected chi connectivity index (χ2v) is 4.31. The first-order valence-corrected chi connectivity index (χ1v) is 5.85. The Bertz CT molecular complexity index is 424. The van der Waals surface area contributed by atoms with E-state index < -0.39 is 12.0 Å². The van der Waals surface area contributed by atoms with E-state index in [2.05, 4.69) is 5.32 Å². The van der Waals surface area contributed by atoms with Crippen LogP contribution >= 0.6 is 0 Å². The Morgan fingerprint density at radius 2 is 1.89 bits per heavy atom. The fourth-order valence-electron chi connectivity index (χ4n) is 2.37. The van der Waals surface area contributed by atoms with Crippen LogP contribution in [0.4, 0.5) is 0 Å². The van der Waals surface area contributed by atoms with Crippen molar-refractivity contribution in [3.8, 4) is 11.5 Å². The summed E-state index contributed by atoms with van der Waals surface area (Å²) in [6, 6.07) is 4.98. The molecule has 2 atom stereocenters. The van der Waals surface area contributed by atoms with Crippen molar-refractivity contribution in [2.45, 2.75) is 18.4 Å². The summed E-state index contributed by atoms with van der Waals surface area (Å²) in [7, 11) is 3.17. The zero-order valence-electron chi connectivity index (χ0n) is 10.5. The van der Waals surface area contributed by atoms with E-state index in [9.17, 15) is 9.90 Å². The summed E-state index contributed by atoms with van der Waals surface area (Å²) < 4.78 is 10.4. The maximum Gasteiger partial charge on any atom is 0.321 e. The van der Waals surface area contributed by atoms with Crippen molar-refractivity contribution in [3.05, 3.63) is 23.8 Å². The number of benzene rings is 1. The number of nitrogens with one attached hydrogen (secondary N) is 1. The van der Waals surface area contributed by atoms with Crippen LogP contribution in [0.2, 0.25) is 0 Å². The summed E-state index contributed by atoms with van der Waals surface area (Å²) in [6.07, 6.45) is 0.799. The Labute approximate surface area is 106 Å². The minimum Gasteiger partial charge on any atom is -0.497 e. The molecule has 98 valence electrons. The van der Waals surface area contributed by atoms with E-state index >= 15 is 0 Å². The molecule has 1 aromatic rings. The number of hydrogen-bond acceptors (Lipinski definition) is 4. The van der Waals surface area contributed by atoms with Gasteiger partial charge in [-0.15, -0.1) is 0 Å². The van der Waals surface area contributed by atoms with E-state index in [0.717, 1.165) is 12.0 Å². The van der Waals surface area contributed by atoms with Crippen LogP contribution in [0.15, 0.2) is 18.2 Å². The van der Waals surface area contributed by atoms with Gasteiger partial charge in [0.1, 0.15) is 17.5 Å². The number of ether oxygens (including phenoxy) is 2. The fourth-order valence-corrected chi connectivity index (χ4v) is 2.37. The van der Waals surface area contributed by atoms with Crippen LogP contribution in [0.3, 0.4) is 0 Å². The molecule has 0 spiro atoms. The van der Waals surface area contributed by atoms with Gasteiger partial charge in [0.25, 0.3) is 0 Å². The molecule has 0 bridgehead atoms.